The first-order valence-electron chi connectivity index (χ1n) is 10.6. The van der Waals surface area contributed by atoms with Crippen molar-refractivity contribution < 1.29 is 4.79 Å². The zero-order valence-electron chi connectivity index (χ0n) is 16.9. The molecular weight excluding hydrogens is 360 g/mol. The third-order valence-corrected chi connectivity index (χ3v) is 5.70. The monoisotopic (exact) mass is 388 g/mol. The Labute approximate surface area is 171 Å². The van der Waals surface area contributed by atoms with Gasteiger partial charge in [-0.2, -0.15) is 0 Å². The predicted molar refractivity (Wildman–Crippen MR) is 118 cm³/mol. The van der Waals surface area contributed by atoms with E-state index in [-0.39, 0.29) is 11.8 Å². The van der Waals surface area contributed by atoms with Crippen molar-refractivity contribution in [1.82, 2.24) is 15.5 Å². The van der Waals surface area contributed by atoms with E-state index >= 15 is 0 Å². The molecular formula is C24H28N4O. The number of amides is 1. The lowest BCUT2D eigenvalue weighted by atomic mass is 9.89. The highest BCUT2D eigenvalue weighted by Gasteiger charge is 2.20. The van der Waals surface area contributed by atoms with Crippen molar-refractivity contribution in [2.75, 3.05) is 18.4 Å². The highest BCUT2D eigenvalue weighted by Crippen LogP contribution is 2.29. The first-order valence-corrected chi connectivity index (χ1v) is 10.6. The van der Waals surface area contributed by atoms with Crippen molar-refractivity contribution in [3.8, 4) is 11.3 Å². The Morgan fingerprint density at radius 3 is 2.41 bits per heavy atom. The van der Waals surface area contributed by atoms with E-state index in [1.807, 2.05) is 12.1 Å². The van der Waals surface area contributed by atoms with Gasteiger partial charge in [0.25, 0.3) is 0 Å². The Hall–Kier alpha value is -2.95. The van der Waals surface area contributed by atoms with Crippen LogP contribution in [0.25, 0.3) is 22.0 Å². The number of nitrogens with zero attached hydrogens (tertiary/aromatic N) is 2. The van der Waals surface area contributed by atoms with Gasteiger partial charge in [0.2, 0.25) is 5.91 Å². The van der Waals surface area contributed by atoms with Crippen LogP contribution in [0.2, 0.25) is 0 Å². The van der Waals surface area contributed by atoms with E-state index < -0.39 is 0 Å². The SMILES string of the molecule is Cc1ccc(-c2nnc(NCCNC(=O)C3CCCCC3)c3ccccc23)cc1. The Kier molecular flexibility index (Phi) is 6.03. The van der Waals surface area contributed by atoms with Crippen LogP contribution in [0, 0.1) is 12.8 Å². The first-order chi connectivity index (χ1) is 14.2. The summed E-state index contributed by atoms with van der Waals surface area (Å²) in [7, 11) is 0. The van der Waals surface area contributed by atoms with Gasteiger partial charge in [0.15, 0.2) is 5.82 Å². The van der Waals surface area contributed by atoms with E-state index in [1.54, 1.807) is 0 Å². The molecule has 0 spiro atoms. The van der Waals surface area contributed by atoms with Crippen molar-refractivity contribution in [1.29, 1.82) is 0 Å². The molecule has 29 heavy (non-hydrogen) atoms. The number of benzene rings is 2. The Morgan fingerprint density at radius 2 is 1.66 bits per heavy atom. The summed E-state index contributed by atoms with van der Waals surface area (Å²) >= 11 is 0. The molecule has 0 atom stereocenters. The zero-order valence-corrected chi connectivity index (χ0v) is 16.9. The fourth-order valence-corrected chi connectivity index (χ4v) is 4.03. The number of hydrogen-bond donors (Lipinski definition) is 2. The summed E-state index contributed by atoms with van der Waals surface area (Å²) in [6.07, 6.45) is 5.65. The number of aryl methyl sites for hydroxylation is 1. The molecule has 2 N–H and O–H groups in total. The van der Waals surface area contributed by atoms with E-state index in [0.717, 1.165) is 40.7 Å². The molecule has 1 aromatic heterocycles. The smallest absolute Gasteiger partial charge is 0.223 e. The van der Waals surface area contributed by atoms with E-state index in [2.05, 4.69) is 64.2 Å². The predicted octanol–water partition coefficient (Wildman–Crippen LogP) is 4.71. The van der Waals surface area contributed by atoms with Crippen molar-refractivity contribution in [3.63, 3.8) is 0 Å². The van der Waals surface area contributed by atoms with E-state index in [0.29, 0.717) is 13.1 Å². The van der Waals surface area contributed by atoms with Crippen LogP contribution in [0.1, 0.15) is 37.7 Å². The minimum Gasteiger partial charge on any atom is -0.366 e. The van der Waals surface area contributed by atoms with Crippen molar-refractivity contribution in [2.24, 2.45) is 5.92 Å². The van der Waals surface area contributed by atoms with Gasteiger partial charge in [0, 0.05) is 35.3 Å². The van der Waals surface area contributed by atoms with Gasteiger partial charge in [0.1, 0.15) is 5.69 Å². The van der Waals surface area contributed by atoms with Crippen molar-refractivity contribution >= 4 is 22.5 Å². The topological polar surface area (TPSA) is 66.9 Å². The zero-order chi connectivity index (χ0) is 20.1. The fraction of sp³-hybridized carbons (Fsp3) is 0.375. The van der Waals surface area contributed by atoms with Crippen LogP contribution in [0.3, 0.4) is 0 Å². The molecule has 5 nitrogen and oxygen atoms in total. The largest absolute Gasteiger partial charge is 0.366 e. The van der Waals surface area contributed by atoms with Crippen LogP contribution >= 0.6 is 0 Å². The van der Waals surface area contributed by atoms with Crippen molar-refractivity contribution in [2.45, 2.75) is 39.0 Å². The first kappa shape index (κ1) is 19.4. The van der Waals surface area contributed by atoms with Gasteiger partial charge in [-0.3, -0.25) is 4.79 Å². The number of fused-ring (bicyclic) bond motifs is 1. The molecule has 1 aliphatic rings. The van der Waals surface area contributed by atoms with E-state index in [9.17, 15) is 4.79 Å². The maximum absolute atomic E-state index is 12.3. The number of rotatable bonds is 6. The molecule has 3 aromatic rings. The third-order valence-electron chi connectivity index (χ3n) is 5.70. The molecule has 0 bridgehead atoms. The van der Waals surface area contributed by atoms with Crippen molar-refractivity contribution in [3.05, 3.63) is 54.1 Å². The molecule has 1 amide bonds. The second-order valence-corrected chi connectivity index (χ2v) is 7.86. The summed E-state index contributed by atoms with van der Waals surface area (Å²) in [5.74, 6) is 1.14. The number of nitrogens with one attached hydrogen (secondary N) is 2. The molecule has 150 valence electrons. The lowest BCUT2D eigenvalue weighted by Crippen LogP contribution is -2.35. The van der Waals surface area contributed by atoms with Gasteiger partial charge in [0.05, 0.1) is 0 Å². The molecule has 1 saturated carbocycles. The number of carbonyl (C=O) groups is 1. The van der Waals surface area contributed by atoms with Crippen LogP contribution in [0.4, 0.5) is 5.82 Å². The third kappa shape index (κ3) is 4.56. The Bertz CT molecular complexity index is 978. The van der Waals surface area contributed by atoms with Crippen LogP contribution in [0.5, 0.6) is 0 Å². The number of carbonyl (C=O) groups excluding carboxylic acids is 1. The molecule has 1 aliphatic carbocycles. The van der Waals surface area contributed by atoms with Crippen LogP contribution in [-0.4, -0.2) is 29.2 Å². The number of anilines is 1. The van der Waals surface area contributed by atoms with E-state index in [4.69, 9.17) is 0 Å². The van der Waals surface area contributed by atoms with Gasteiger partial charge < -0.3 is 10.6 Å². The van der Waals surface area contributed by atoms with Gasteiger partial charge in [-0.1, -0.05) is 73.4 Å². The quantitative estimate of drug-likeness (QED) is 0.600. The van der Waals surface area contributed by atoms with Crippen LogP contribution in [-0.2, 0) is 4.79 Å². The molecule has 0 unspecified atom stereocenters. The van der Waals surface area contributed by atoms with Gasteiger partial charge in [-0.15, -0.1) is 10.2 Å². The average molecular weight is 389 g/mol. The highest BCUT2D eigenvalue weighted by molar-refractivity contribution is 6.00. The molecule has 0 radical (unpaired) electrons. The maximum atomic E-state index is 12.3. The molecule has 1 heterocycles. The second-order valence-electron chi connectivity index (χ2n) is 7.86. The standard InChI is InChI=1S/C24H28N4O/c1-17-11-13-18(14-12-17)22-20-9-5-6-10-21(20)23(28-27-22)25-15-16-26-24(29)19-7-3-2-4-8-19/h5-6,9-14,19H,2-4,7-8,15-16H2,1H3,(H,25,28)(H,26,29). The number of hydrogen-bond acceptors (Lipinski definition) is 4. The van der Waals surface area contributed by atoms with Gasteiger partial charge in [-0.05, 0) is 19.8 Å². The summed E-state index contributed by atoms with van der Waals surface area (Å²) < 4.78 is 0. The minimum atomic E-state index is 0.192. The fourth-order valence-electron chi connectivity index (χ4n) is 4.03. The summed E-state index contributed by atoms with van der Waals surface area (Å²) in [4.78, 5) is 12.3. The van der Waals surface area contributed by atoms with E-state index in [1.165, 1.54) is 24.8 Å². The highest BCUT2D eigenvalue weighted by atomic mass is 16.1. The van der Waals surface area contributed by atoms with Crippen LogP contribution in [0.15, 0.2) is 48.5 Å². The Balaban J connectivity index is 1.44. The maximum Gasteiger partial charge on any atom is 0.223 e. The molecule has 0 saturated heterocycles. The summed E-state index contributed by atoms with van der Waals surface area (Å²) in [6.45, 7) is 3.29. The van der Waals surface area contributed by atoms with Crippen LogP contribution < -0.4 is 10.6 Å². The summed E-state index contributed by atoms with van der Waals surface area (Å²) in [5.41, 5.74) is 3.17. The summed E-state index contributed by atoms with van der Waals surface area (Å²) in [6, 6.07) is 16.5. The molecule has 5 heteroatoms. The Morgan fingerprint density at radius 1 is 0.931 bits per heavy atom. The molecule has 4 rings (SSSR count). The lowest BCUT2D eigenvalue weighted by Gasteiger charge is -2.20. The van der Waals surface area contributed by atoms with Gasteiger partial charge >= 0.3 is 0 Å². The normalized spacial score (nSPS) is 14.7. The van der Waals surface area contributed by atoms with Gasteiger partial charge in [-0.25, -0.2) is 0 Å². The second kappa shape index (κ2) is 9.03. The number of aromatic nitrogens is 2. The molecule has 1 fully saturated rings. The molecule has 0 aliphatic heterocycles. The minimum absolute atomic E-state index is 0.192. The lowest BCUT2D eigenvalue weighted by molar-refractivity contribution is -0.125. The summed E-state index contributed by atoms with van der Waals surface area (Å²) in [5, 5.41) is 17.4. The molecule has 2 aromatic carbocycles. The average Bonchev–Trinajstić information content (AvgIpc) is 2.78.